The van der Waals surface area contributed by atoms with E-state index in [0.29, 0.717) is 0 Å². The van der Waals surface area contributed by atoms with Crippen molar-refractivity contribution in [3.8, 4) is 0 Å². The van der Waals surface area contributed by atoms with Gasteiger partial charge in [0.1, 0.15) is 5.57 Å². The van der Waals surface area contributed by atoms with Crippen LogP contribution in [0.2, 0.25) is 0 Å². The maximum atomic E-state index is 12.2. The molecule has 29 heavy (non-hydrogen) atoms. The zero-order valence-corrected chi connectivity index (χ0v) is 17.0. The molecule has 0 bridgehead atoms. The van der Waals surface area contributed by atoms with E-state index in [4.69, 9.17) is 14.2 Å². The Kier molecular flexibility index (Phi) is 6.66. The first-order valence-electron chi connectivity index (χ1n) is 9.40. The molecule has 0 aromatic carbocycles. The molecular formula is C21H25O8-. The normalized spacial score (nSPS) is 24.4. The number of carbonyl (C=O) groups excluding carboxylic acids is 4. The van der Waals surface area contributed by atoms with Crippen LogP contribution in [0.25, 0.3) is 0 Å². The van der Waals surface area contributed by atoms with Gasteiger partial charge in [-0.15, -0.1) is 5.76 Å². The molecule has 0 aromatic rings. The third-order valence-corrected chi connectivity index (χ3v) is 4.55. The summed E-state index contributed by atoms with van der Waals surface area (Å²) in [7, 11) is 0. The van der Waals surface area contributed by atoms with E-state index < -0.39 is 23.7 Å². The monoisotopic (exact) mass is 405 g/mol. The molecule has 0 amide bonds. The molecule has 2 aliphatic rings. The predicted octanol–water partition coefficient (Wildman–Crippen LogP) is 1.63. The molecular weight excluding hydrogens is 380 g/mol. The second kappa shape index (κ2) is 8.63. The van der Waals surface area contributed by atoms with Crippen molar-refractivity contribution in [3.63, 3.8) is 0 Å². The Bertz CT molecular complexity index is 793. The molecule has 2 rings (SSSR count). The summed E-state index contributed by atoms with van der Waals surface area (Å²) in [5, 5.41) is 12.1. The number of hydrogen-bond acceptors (Lipinski definition) is 8. The summed E-state index contributed by atoms with van der Waals surface area (Å²) in [6.07, 6.45) is 4.09. The number of Topliss-reactive ketones (excluding diaryl/α,β-unsaturated/α-hetero) is 1. The zero-order chi connectivity index (χ0) is 21.8. The molecule has 0 saturated carbocycles. The highest BCUT2D eigenvalue weighted by Gasteiger charge is 2.42. The molecule has 1 saturated heterocycles. The summed E-state index contributed by atoms with van der Waals surface area (Å²) in [5.74, 6) is -4.44. The molecule has 1 aliphatic heterocycles. The minimum absolute atomic E-state index is 0.0385. The summed E-state index contributed by atoms with van der Waals surface area (Å²) in [6.45, 7) is 6.95. The number of cyclic esters (lactones) is 2. The topological polar surface area (TPSA) is 119 Å². The lowest BCUT2D eigenvalue weighted by atomic mass is 9.76. The molecule has 0 atom stereocenters. The number of ether oxygens (including phenoxy) is 3. The fourth-order valence-electron chi connectivity index (χ4n) is 3.11. The van der Waals surface area contributed by atoms with Crippen molar-refractivity contribution in [1.82, 2.24) is 0 Å². The Morgan fingerprint density at radius 2 is 1.76 bits per heavy atom. The maximum Gasteiger partial charge on any atom is 0.348 e. The van der Waals surface area contributed by atoms with Crippen LogP contribution in [0.5, 0.6) is 0 Å². The summed E-state index contributed by atoms with van der Waals surface area (Å²) >= 11 is 0. The minimum atomic E-state index is -1.57. The van der Waals surface area contributed by atoms with Crippen molar-refractivity contribution in [3.05, 3.63) is 35.1 Å². The molecule has 0 radical (unpaired) electrons. The van der Waals surface area contributed by atoms with Crippen LogP contribution in [0.15, 0.2) is 35.1 Å². The van der Waals surface area contributed by atoms with Crippen molar-refractivity contribution in [1.29, 1.82) is 0 Å². The van der Waals surface area contributed by atoms with Crippen molar-refractivity contribution in [2.75, 3.05) is 6.61 Å². The minimum Gasteiger partial charge on any atom is -0.875 e. The predicted molar refractivity (Wildman–Crippen MR) is 98.7 cm³/mol. The van der Waals surface area contributed by atoms with E-state index in [0.717, 1.165) is 6.08 Å². The van der Waals surface area contributed by atoms with E-state index in [9.17, 15) is 24.3 Å². The van der Waals surface area contributed by atoms with Crippen molar-refractivity contribution in [2.45, 2.75) is 59.2 Å². The van der Waals surface area contributed by atoms with Crippen molar-refractivity contribution < 1.29 is 38.5 Å². The molecule has 0 unspecified atom stereocenters. The number of esters is 3. The lowest BCUT2D eigenvalue weighted by Crippen LogP contribution is -2.44. The van der Waals surface area contributed by atoms with Crippen LogP contribution in [-0.4, -0.2) is 36.1 Å². The lowest BCUT2D eigenvalue weighted by molar-refractivity contribution is -0.312. The second-order valence-corrected chi connectivity index (χ2v) is 7.94. The van der Waals surface area contributed by atoms with E-state index in [1.807, 2.05) is 13.8 Å². The standard InChI is InChI=1S/C21H26O8/c1-5-27-17(24)9-10-21(4)28-18(25)14(19(26)29-21)8-6-7-13-15(22)11-20(2,3)12-16(13)23/h6-8,22H,5,9-12H2,1-4H3/p-1/b7-6+,14-8?. The fraction of sp³-hybridized carbons (Fsp3) is 0.524. The lowest BCUT2D eigenvalue weighted by Gasteiger charge is -2.34. The van der Waals surface area contributed by atoms with Crippen LogP contribution in [0, 0.1) is 5.41 Å². The van der Waals surface area contributed by atoms with Crippen LogP contribution >= 0.6 is 0 Å². The van der Waals surface area contributed by atoms with Gasteiger partial charge in [0.05, 0.1) is 13.0 Å². The number of allylic oxidation sites excluding steroid dienone is 5. The quantitative estimate of drug-likeness (QED) is 0.372. The van der Waals surface area contributed by atoms with Crippen LogP contribution in [0.1, 0.15) is 53.4 Å². The van der Waals surface area contributed by atoms with Gasteiger partial charge in [-0.3, -0.25) is 9.59 Å². The highest BCUT2D eigenvalue weighted by atomic mass is 16.7. The van der Waals surface area contributed by atoms with Gasteiger partial charge in [-0.2, -0.15) is 0 Å². The average molecular weight is 405 g/mol. The van der Waals surface area contributed by atoms with Gasteiger partial charge in [0.2, 0.25) is 0 Å². The number of carbonyl (C=O) groups is 4. The molecule has 0 N–H and O–H groups in total. The van der Waals surface area contributed by atoms with Gasteiger partial charge in [-0.05, 0) is 24.8 Å². The van der Waals surface area contributed by atoms with Crippen LogP contribution < -0.4 is 5.11 Å². The van der Waals surface area contributed by atoms with E-state index in [1.54, 1.807) is 6.92 Å². The van der Waals surface area contributed by atoms with E-state index >= 15 is 0 Å². The van der Waals surface area contributed by atoms with Crippen LogP contribution in [-0.2, 0) is 33.4 Å². The number of rotatable bonds is 6. The summed E-state index contributed by atoms with van der Waals surface area (Å²) in [6, 6.07) is 0. The molecule has 1 aliphatic carbocycles. The fourth-order valence-corrected chi connectivity index (χ4v) is 3.11. The largest absolute Gasteiger partial charge is 0.875 e. The molecule has 158 valence electrons. The molecule has 8 heteroatoms. The SMILES string of the molecule is CCOC(=O)CCC1(C)OC(=O)C(=C/C=C/C2=C([O-])CC(C)(C)CC2=O)C(=O)O1. The molecule has 1 fully saturated rings. The van der Waals surface area contributed by atoms with Gasteiger partial charge >= 0.3 is 17.9 Å². The molecule has 0 spiro atoms. The third kappa shape index (κ3) is 5.79. The molecule has 8 nitrogen and oxygen atoms in total. The van der Waals surface area contributed by atoms with Gasteiger partial charge in [-0.1, -0.05) is 26.0 Å². The van der Waals surface area contributed by atoms with Gasteiger partial charge in [0.25, 0.3) is 5.79 Å². The third-order valence-electron chi connectivity index (χ3n) is 4.55. The number of hydrogen-bond donors (Lipinski definition) is 0. The Morgan fingerprint density at radius 1 is 1.14 bits per heavy atom. The smallest absolute Gasteiger partial charge is 0.348 e. The second-order valence-electron chi connectivity index (χ2n) is 7.94. The zero-order valence-electron chi connectivity index (χ0n) is 17.0. The van der Waals surface area contributed by atoms with E-state index in [1.165, 1.54) is 19.1 Å². The van der Waals surface area contributed by atoms with Gasteiger partial charge in [0, 0.05) is 25.3 Å². The van der Waals surface area contributed by atoms with E-state index in [-0.39, 0.29) is 60.4 Å². The van der Waals surface area contributed by atoms with Gasteiger partial charge in [0.15, 0.2) is 5.78 Å². The molecule has 0 aromatic heterocycles. The van der Waals surface area contributed by atoms with Crippen molar-refractivity contribution >= 4 is 23.7 Å². The van der Waals surface area contributed by atoms with Gasteiger partial charge < -0.3 is 19.3 Å². The summed E-state index contributed by atoms with van der Waals surface area (Å²) in [4.78, 5) is 48.0. The van der Waals surface area contributed by atoms with Gasteiger partial charge in [-0.25, -0.2) is 9.59 Å². The highest BCUT2D eigenvalue weighted by molar-refractivity contribution is 6.15. The first-order chi connectivity index (χ1) is 13.5. The Labute approximate surface area is 169 Å². The van der Waals surface area contributed by atoms with Crippen LogP contribution in [0.4, 0.5) is 0 Å². The Balaban J connectivity index is 2.07. The first-order valence-corrected chi connectivity index (χ1v) is 9.40. The molecule has 1 heterocycles. The first kappa shape index (κ1) is 22.4. The van der Waals surface area contributed by atoms with E-state index in [2.05, 4.69) is 0 Å². The highest BCUT2D eigenvalue weighted by Crippen LogP contribution is 2.35. The Hall–Kier alpha value is -2.90. The summed E-state index contributed by atoms with van der Waals surface area (Å²) < 4.78 is 15.1. The Morgan fingerprint density at radius 3 is 2.31 bits per heavy atom. The maximum absolute atomic E-state index is 12.2. The average Bonchev–Trinajstić information content (AvgIpc) is 2.57. The summed E-state index contributed by atoms with van der Waals surface area (Å²) in [5.41, 5.74) is -0.709. The number of ketones is 1. The van der Waals surface area contributed by atoms with Crippen molar-refractivity contribution in [2.24, 2.45) is 5.41 Å². The van der Waals surface area contributed by atoms with Crippen LogP contribution in [0.3, 0.4) is 0 Å².